The summed E-state index contributed by atoms with van der Waals surface area (Å²) in [5, 5.41) is 23.7. The lowest BCUT2D eigenvalue weighted by atomic mass is 9.87. The van der Waals surface area contributed by atoms with Gasteiger partial charge >= 0.3 is 12.4 Å². The molecule has 0 atom stereocenters. The second-order valence-corrected chi connectivity index (χ2v) is 38.1. The minimum Gasteiger partial charge on any atom is -0.339 e. The number of hydrogen-bond acceptors (Lipinski definition) is 12. The first-order valence-electron chi connectivity index (χ1n) is 50.3. The highest BCUT2D eigenvalue weighted by Crippen LogP contribution is 2.44. The summed E-state index contributed by atoms with van der Waals surface area (Å²) >= 11 is 27.0. The van der Waals surface area contributed by atoms with Gasteiger partial charge in [-0.3, -0.25) is 28.8 Å². The molecule has 10 aromatic rings. The second kappa shape index (κ2) is 55.5. The third kappa shape index (κ3) is 30.6. The van der Waals surface area contributed by atoms with E-state index in [4.69, 9.17) is 46.4 Å². The van der Waals surface area contributed by atoms with Gasteiger partial charge in [0.15, 0.2) is 5.78 Å². The predicted molar refractivity (Wildman–Crippen MR) is 579 cm³/mol. The molecule has 0 radical (unpaired) electrons. The molecule has 5 aliphatic heterocycles. The molecule has 5 saturated heterocycles. The van der Waals surface area contributed by atoms with Crippen molar-refractivity contribution >= 4 is 121 Å². The lowest BCUT2D eigenvalue weighted by Crippen LogP contribution is -2.30. The monoisotopic (exact) mass is 2060 g/mol. The lowest BCUT2D eigenvalue weighted by Gasteiger charge is -2.23. The number of carbonyl (C=O) groups is 6. The number of nitrogens with zero attached hydrogens (tertiary/aromatic N) is 5. The first kappa shape index (κ1) is 113. The van der Waals surface area contributed by atoms with E-state index in [0.29, 0.717) is 132 Å². The molecule has 0 unspecified atom stereocenters. The SMILES string of the molecule is CCN(CC)C(=O)c1ccc(C(=C2CCNCC2)c2cc(C(F)(F)F)cc(C(F)(F)F)c2)cc1.CCN(CC)C(=O)c1ccc(C(=C2CCNCC2)c2cc(Cl)cc(Cl)c2)cc1.CCN(CC)C(=O)c1ccc(C(=C2CCNCC2)c2ccc(Cl)cc2Cl)cc1.CCN(CC)C(=O)c1ccc(C(=C2CCNCC2)c2cccc(C(C)=O)c2)cc1.CCN(CC)C(=O)c1ccc(C(=C2CCNCC2)c2ccsc2)cc1. The molecule has 9 aromatic carbocycles. The summed E-state index contributed by atoms with van der Waals surface area (Å²) in [7, 11) is 0. The largest absolute Gasteiger partial charge is 0.416 e. The molecule has 1 aromatic heterocycles. The minimum absolute atomic E-state index is 0.0659. The van der Waals surface area contributed by atoms with E-state index in [1.165, 1.54) is 50.1 Å². The van der Waals surface area contributed by atoms with Crippen molar-refractivity contribution in [3.05, 3.63) is 365 Å². The van der Waals surface area contributed by atoms with Gasteiger partial charge in [-0.05, 0) is 416 Å². The number of carbonyl (C=O) groups excluding carboxylic acids is 6. The van der Waals surface area contributed by atoms with Crippen molar-refractivity contribution in [3.63, 3.8) is 0 Å². The zero-order chi connectivity index (χ0) is 104. The lowest BCUT2D eigenvalue weighted by molar-refractivity contribution is -0.143. The Labute approximate surface area is 869 Å². The Bertz CT molecular complexity index is 6090. The Balaban J connectivity index is 0.000000172. The first-order valence-corrected chi connectivity index (χ1v) is 52.8. The van der Waals surface area contributed by atoms with Crippen molar-refractivity contribution in [2.45, 2.75) is 153 Å². The molecule has 6 heterocycles. The smallest absolute Gasteiger partial charge is 0.339 e. The fourth-order valence-corrected chi connectivity index (χ4v) is 20.6. The standard InChI is InChI=1S/C25H26F6N2O.C25H30N2O2.2C23H26Cl2N2O.C21H26N2OS/c1-3-33(4-2)23(34)18-7-5-16(6-8-18)22(17-9-11-32-12-10-17)19-13-20(24(26,27)28)15-21(14-19)25(29,30)31;1-4-27(5-2)25(29)21-11-9-19(10-12-21)24(20-13-15-26-16-14-20)23-8-6-7-22(17-23)18(3)28;1-3-27(4-2)23(28)18-7-5-16(6-8-18)22(17-9-11-26-12-10-17)19-13-20(24)15-21(25)14-19;1-3-27(4-2)23(28)18-7-5-16(6-8-18)22(17-11-13-26-14-12-17)20-10-9-19(24)15-21(20)25;1-3-23(4-2)21(24)18-7-5-16(6-8-18)20(19-11-14-25-15-19)17-9-12-22-13-10-17/h5-8,13-15,32H,3-4,9-12H2,1-2H3;6-12,17,26H,4-5,13-16H2,1-3H3;5-8,13-15,26H,3-4,9-12H2,1-2H3;5-10,15,26H,3-4,11-14H2,1-2H3;5-8,11,14-15,22H,3-4,9-10,12-13H2,1-2H3. The van der Waals surface area contributed by atoms with E-state index in [0.717, 1.165) is 185 Å². The van der Waals surface area contributed by atoms with Crippen molar-refractivity contribution in [2.75, 3.05) is 131 Å². The molecule has 5 N–H and O–H groups in total. The number of amides is 5. The Morgan fingerprint density at radius 1 is 0.271 bits per heavy atom. The second-order valence-electron chi connectivity index (χ2n) is 35.6. The van der Waals surface area contributed by atoms with Crippen LogP contribution in [0.3, 0.4) is 0 Å². The first-order chi connectivity index (χ1) is 69.3. The summed E-state index contributed by atoms with van der Waals surface area (Å²) in [6, 6.07) is 61.3. The Hall–Kier alpha value is -11.1. The number of ketones is 1. The fourth-order valence-electron chi connectivity index (χ4n) is 18.9. The molecule has 764 valence electrons. The van der Waals surface area contributed by atoms with Gasteiger partial charge in [0.05, 0.1) is 11.1 Å². The van der Waals surface area contributed by atoms with Gasteiger partial charge in [-0.15, -0.1) is 0 Å². The third-order valence-corrected chi connectivity index (χ3v) is 28.4. The van der Waals surface area contributed by atoms with E-state index in [1.54, 1.807) is 59.6 Å². The average molecular weight is 2060 g/mol. The summed E-state index contributed by atoms with van der Waals surface area (Å²) in [6.45, 7) is 37.1. The van der Waals surface area contributed by atoms with Crippen molar-refractivity contribution in [1.82, 2.24) is 51.1 Å². The van der Waals surface area contributed by atoms with Crippen LogP contribution in [-0.2, 0) is 12.4 Å². The van der Waals surface area contributed by atoms with Gasteiger partial charge in [0.25, 0.3) is 29.5 Å². The normalized spacial score (nSPS) is 14.2. The molecule has 27 heteroatoms. The Kier molecular flexibility index (Phi) is 43.6. The maximum Gasteiger partial charge on any atom is 0.416 e. The number of hydrogen-bond donors (Lipinski definition) is 5. The number of piperidine rings is 5. The molecule has 0 bridgehead atoms. The van der Waals surface area contributed by atoms with Crippen LogP contribution in [0.4, 0.5) is 26.3 Å². The van der Waals surface area contributed by atoms with E-state index in [9.17, 15) is 55.1 Å². The maximum atomic E-state index is 13.5. The quantitative estimate of drug-likeness (QED) is 0.0257. The zero-order valence-electron chi connectivity index (χ0n) is 84.4. The number of rotatable bonds is 26. The number of thiophene rings is 1. The van der Waals surface area contributed by atoms with Crippen LogP contribution in [0, 0.1) is 0 Å². The molecular formula is C117H134Cl4F6N10O6S. The molecule has 5 aliphatic rings. The maximum absolute atomic E-state index is 13.5. The molecule has 0 spiro atoms. The molecule has 144 heavy (non-hydrogen) atoms. The summed E-state index contributed by atoms with van der Waals surface area (Å²) in [5.74, 6) is 0.197. The molecule has 5 fully saturated rings. The van der Waals surface area contributed by atoms with Crippen molar-refractivity contribution in [3.8, 4) is 0 Å². The van der Waals surface area contributed by atoms with Crippen LogP contribution in [0.1, 0.15) is 269 Å². The van der Waals surface area contributed by atoms with Crippen LogP contribution in [0.25, 0.3) is 27.9 Å². The topological polar surface area (TPSA) is 179 Å². The van der Waals surface area contributed by atoms with Crippen molar-refractivity contribution in [2.24, 2.45) is 0 Å². The molecular weight excluding hydrogens is 1930 g/mol. The van der Waals surface area contributed by atoms with E-state index in [1.807, 2.05) is 216 Å². The number of Topliss-reactive ketones (excluding diaryl/α,β-unsaturated/α-hetero) is 1. The third-order valence-electron chi connectivity index (χ3n) is 26.8. The minimum atomic E-state index is -4.93. The number of nitrogens with one attached hydrogen (secondary N) is 5. The molecule has 5 amide bonds. The van der Waals surface area contributed by atoms with Gasteiger partial charge in [0.2, 0.25) is 0 Å². The van der Waals surface area contributed by atoms with E-state index in [-0.39, 0.29) is 46.9 Å². The summed E-state index contributed by atoms with van der Waals surface area (Å²) in [5.41, 5.74) is 22.2. The number of alkyl halides is 6. The van der Waals surface area contributed by atoms with Crippen LogP contribution in [0.2, 0.25) is 20.1 Å². The van der Waals surface area contributed by atoms with Crippen molar-refractivity contribution in [1.29, 1.82) is 0 Å². The Morgan fingerprint density at radius 2 is 0.528 bits per heavy atom. The number of halogens is 10. The fraction of sp³-hybridized carbons (Fsp3) is 0.368. The van der Waals surface area contributed by atoms with Gasteiger partial charge in [-0.1, -0.05) is 159 Å². The van der Waals surface area contributed by atoms with Crippen LogP contribution >= 0.6 is 57.7 Å². The van der Waals surface area contributed by atoms with Gasteiger partial charge in [0.1, 0.15) is 0 Å². The molecule has 0 saturated carbocycles. The van der Waals surface area contributed by atoms with Crippen LogP contribution in [-0.4, -0.2) is 191 Å². The van der Waals surface area contributed by atoms with Crippen LogP contribution in [0.5, 0.6) is 0 Å². The van der Waals surface area contributed by atoms with E-state index in [2.05, 4.69) is 61.6 Å². The summed E-state index contributed by atoms with van der Waals surface area (Å²) in [4.78, 5) is 83.9. The summed E-state index contributed by atoms with van der Waals surface area (Å²) < 4.78 is 81.0. The van der Waals surface area contributed by atoms with Gasteiger partial charge in [-0.25, -0.2) is 0 Å². The van der Waals surface area contributed by atoms with Crippen LogP contribution in [0.15, 0.2) is 245 Å². The van der Waals surface area contributed by atoms with E-state index < -0.39 is 23.5 Å². The van der Waals surface area contributed by atoms with Crippen LogP contribution < -0.4 is 26.6 Å². The highest BCUT2D eigenvalue weighted by Gasteiger charge is 2.38. The summed E-state index contributed by atoms with van der Waals surface area (Å²) in [6.07, 6.45) is -0.793. The highest BCUT2D eigenvalue weighted by atomic mass is 35.5. The number of benzene rings is 9. The molecule has 16 nitrogen and oxygen atoms in total. The Morgan fingerprint density at radius 3 is 0.792 bits per heavy atom. The molecule has 15 rings (SSSR count). The van der Waals surface area contributed by atoms with Gasteiger partial charge < -0.3 is 51.1 Å². The van der Waals surface area contributed by atoms with Gasteiger partial charge in [-0.2, -0.15) is 37.7 Å². The average Bonchev–Trinajstić information content (AvgIpc) is 0.934. The predicted octanol–water partition coefficient (Wildman–Crippen LogP) is 26.7. The highest BCUT2D eigenvalue weighted by molar-refractivity contribution is 7.08. The van der Waals surface area contributed by atoms with Crippen molar-refractivity contribution < 1.29 is 55.1 Å². The van der Waals surface area contributed by atoms with E-state index >= 15 is 0 Å². The molecule has 0 aliphatic carbocycles. The van der Waals surface area contributed by atoms with Gasteiger partial charge in [0, 0.05) is 124 Å². The zero-order valence-corrected chi connectivity index (χ0v) is 88.2.